The number of sulfonamides is 1. The summed E-state index contributed by atoms with van der Waals surface area (Å²) in [4.78, 5) is 11.0. The average molecular weight is 385 g/mol. The van der Waals surface area contributed by atoms with Crippen LogP contribution < -0.4 is 0 Å². The molecule has 0 spiro atoms. The second-order valence-electron chi connectivity index (χ2n) is 7.11. The Morgan fingerprint density at radius 1 is 1.15 bits per heavy atom. The minimum Gasteiger partial charge on any atom is -0.265 e. The molecule has 6 nitrogen and oxygen atoms in total. The lowest BCUT2D eigenvalue weighted by molar-refractivity contribution is -0.493. The molecule has 1 saturated heterocycles. The fraction of sp³-hybridized carbons (Fsp3) is 0.300. The van der Waals surface area contributed by atoms with Crippen molar-refractivity contribution in [2.75, 3.05) is 19.6 Å². The molecule has 140 valence electrons. The topological polar surface area (TPSA) is 80.5 Å². The lowest BCUT2D eigenvalue weighted by Gasteiger charge is -2.19. The van der Waals surface area contributed by atoms with E-state index in [1.807, 2.05) is 37.3 Å². The van der Waals surface area contributed by atoms with Crippen LogP contribution in [-0.2, 0) is 10.0 Å². The van der Waals surface area contributed by atoms with Crippen molar-refractivity contribution in [1.29, 1.82) is 0 Å². The molecule has 0 amide bonds. The van der Waals surface area contributed by atoms with Gasteiger partial charge in [-0.15, -0.1) is 0 Å². The third-order valence-electron chi connectivity index (χ3n) is 4.79. The molecule has 0 bridgehead atoms. The highest BCUT2D eigenvalue weighted by Crippen LogP contribution is 2.38. The van der Waals surface area contributed by atoms with E-state index < -0.39 is 20.4 Å². The Morgan fingerprint density at radius 3 is 2.37 bits per heavy atom. The SMILES string of the molecule is Cc1ccc(S(=O)(=O)N2CC(=[C+]c3ccccc3)[C@@](C)(C[N+](=O)[O-])C2)cc1. The number of rotatable bonds is 5. The first-order valence-electron chi connectivity index (χ1n) is 8.58. The minimum absolute atomic E-state index is 0.0549. The molecule has 27 heavy (non-hydrogen) atoms. The Balaban J connectivity index is 1.99. The van der Waals surface area contributed by atoms with Crippen molar-refractivity contribution < 1.29 is 13.3 Å². The van der Waals surface area contributed by atoms with Gasteiger partial charge in [0.15, 0.2) is 5.56 Å². The first-order chi connectivity index (χ1) is 12.7. The Kier molecular flexibility index (Phi) is 5.11. The van der Waals surface area contributed by atoms with Crippen molar-refractivity contribution in [3.05, 3.63) is 87.5 Å². The molecule has 1 aliphatic heterocycles. The molecule has 7 heteroatoms. The fourth-order valence-corrected chi connectivity index (χ4v) is 4.79. The highest BCUT2D eigenvalue weighted by molar-refractivity contribution is 7.89. The minimum atomic E-state index is -3.74. The van der Waals surface area contributed by atoms with Gasteiger partial charge in [-0.25, -0.2) is 8.42 Å². The summed E-state index contributed by atoms with van der Waals surface area (Å²) in [7, 11) is -3.74. The molecule has 0 aromatic heterocycles. The molecule has 1 fully saturated rings. The number of nitro groups is 1. The van der Waals surface area contributed by atoms with Gasteiger partial charge in [0.25, 0.3) is 0 Å². The average Bonchev–Trinajstić information content (AvgIpc) is 2.92. The molecular weight excluding hydrogens is 364 g/mol. The zero-order valence-corrected chi connectivity index (χ0v) is 16.1. The summed E-state index contributed by atoms with van der Waals surface area (Å²) in [5.41, 5.74) is 1.46. The summed E-state index contributed by atoms with van der Waals surface area (Å²) in [6, 6.07) is 15.9. The zero-order chi connectivity index (χ0) is 19.7. The number of hydrogen-bond donors (Lipinski definition) is 0. The van der Waals surface area contributed by atoms with E-state index in [2.05, 4.69) is 6.08 Å². The van der Waals surface area contributed by atoms with Gasteiger partial charge in [0.05, 0.1) is 34.6 Å². The highest BCUT2D eigenvalue weighted by atomic mass is 32.2. The van der Waals surface area contributed by atoms with Crippen LogP contribution in [-0.4, -0.2) is 37.3 Å². The summed E-state index contributed by atoms with van der Waals surface area (Å²) >= 11 is 0. The summed E-state index contributed by atoms with van der Waals surface area (Å²) in [6.07, 6.45) is 3.21. The predicted octanol–water partition coefficient (Wildman–Crippen LogP) is 3.06. The largest absolute Gasteiger partial charge is 0.265 e. The second kappa shape index (κ2) is 7.19. The van der Waals surface area contributed by atoms with Crippen molar-refractivity contribution in [1.82, 2.24) is 4.31 Å². The normalized spacial score (nSPS) is 21.9. The van der Waals surface area contributed by atoms with E-state index in [9.17, 15) is 18.5 Å². The van der Waals surface area contributed by atoms with Crippen molar-refractivity contribution >= 4 is 10.0 Å². The van der Waals surface area contributed by atoms with Gasteiger partial charge in [0, 0.05) is 17.5 Å². The summed E-state index contributed by atoms with van der Waals surface area (Å²) in [5.74, 6) is 0. The monoisotopic (exact) mass is 385 g/mol. The van der Waals surface area contributed by atoms with Crippen molar-refractivity contribution in [2.45, 2.75) is 18.7 Å². The number of nitrogens with zero attached hydrogens (tertiary/aromatic N) is 2. The maximum absolute atomic E-state index is 13.0. The Labute approximate surface area is 159 Å². The molecule has 1 atom stereocenters. The Hall–Kier alpha value is -2.60. The third kappa shape index (κ3) is 4.06. The smallest absolute Gasteiger partial charge is 0.243 e. The van der Waals surface area contributed by atoms with E-state index in [1.54, 1.807) is 31.2 Å². The lowest BCUT2D eigenvalue weighted by Crippen LogP contribution is -2.34. The van der Waals surface area contributed by atoms with Crippen molar-refractivity contribution in [2.24, 2.45) is 5.41 Å². The van der Waals surface area contributed by atoms with Gasteiger partial charge < -0.3 is 0 Å². The van der Waals surface area contributed by atoms with Crippen molar-refractivity contribution in [3.63, 3.8) is 0 Å². The van der Waals surface area contributed by atoms with E-state index in [-0.39, 0.29) is 24.5 Å². The molecule has 0 unspecified atom stereocenters. The summed E-state index contributed by atoms with van der Waals surface area (Å²) < 4.78 is 27.4. The Morgan fingerprint density at radius 2 is 1.78 bits per heavy atom. The van der Waals surface area contributed by atoms with Crippen LogP contribution in [0.15, 0.2) is 65.1 Å². The van der Waals surface area contributed by atoms with Gasteiger partial charge in [0.2, 0.25) is 16.6 Å². The third-order valence-corrected chi connectivity index (χ3v) is 6.60. The maximum Gasteiger partial charge on any atom is 0.243 e. The second-order valence-corrected chi connectivity index (χ2v) is 9.05. The Bertz CT molecular complexity index is 969. The van der Waals surface area contributed by atoms with Crippen LogP contribution in [0.1, 0.15) is 18.1 Å². The van der Waals surface area contributed by atoms with E-state index in [0.717, 1.165) is 11.1 Å². The van der Waals surface area contributed by atoms with E-state index in [1.165, 1.54) is 4.31 Å². The van der Waals surface area contributed by atoms with Gasteiger partial charge in [-0.2, -0.15) is 4.31 Å². The van der Waals surface area contributed by atoms with Crippen LogP contribution in [0.4, 0.5) is 0 Å². The van der Waals surface area contributed by atoms with Crippen LogP contribution >= 0.6 is 0 Å². The molecule has 2 aromatic rings. The molecule has 1 aliphatic rings. The lowest BCUT2D eigenvalue weighted by atomic mass is 9.84. The molecule has 3 rings (SSSR count). The number of aryl methyl sites for hydroxylation is 1. The molecule has 2 aromatic carbocycles. The van der Waals surface area contributed by atoms with E-state index >= 15 is 0 Å². The standard InChI is InChI=1S/C20H21N2O4S/c1-16-8-10-19(11-9-16)27(25,26)21-13-18(12-17-6-4-3-5-7-17)20(2,14-21)15-22(23)24/h3-11H,13-15H2,1-2H3/q+1/t20-/m1/s1. The van der Waals surface area contributed by atoms with Crippen LogP contribution in [0.5, 0.6) is 0 Å². The van der Waals surface area contributed by atoms with E-state index in [0.29, 0.717) is 5.57 Å². The van der Waals surface area contributed by atoms with Crippen LogP contribution in [0.3, 0.4) is 0 Å². The van der Waals surface area contributed by atoms with Gasteiger partial charge in [0.1, 0.15) is 0 Å². The van der Waals surface area contributed by atoms with Gasteiger partial charge in [-0.1, -0.05) is 17.7 Å². The molecule has 0 aliphatic carbocycles. The molecule has 0 radical (unpaired) electrons. The maximum atomic E-state index is 13.0. The first kappa shape index (κ1) is 19.2. The highest BCUT2D eigenvalue weighted by Gasteiger charge is 2.49. The predicted molar refractivity (Wildman–Crippen MR) is 102 cm³/mol. The number of hydrogen-bond acceptors (Lipinski definition) is 4. The summed E-state index contributed by atoms with van der Waals surface area (Å²) in [6.45, 7) is 3.42. The molecule has 0 N–H and O–H groups in total. The quantitative estimate of drug-likeness (QED) is 0.450. The first-order valence-corrected chi connectivity index (χ1v) is 10.0. The molecule has 1 heterocycles. The molecular formula is C20H21N2O4S+. The molecule has 0 saturated carbocycles. The van der Waals surface area contributed by atoms with Crippen molar-refractivity contribution in [3.8, 4) is 0 Å². The van der Waals surface area contributed by atoms with Crippen LogP contribution in [0.2, 0.25) is 0 Å². The zero-order valence-electron chi connectivity index (χ0n) is 15.3. The van der Waals surface area contributed by atoms with Gasteiger partial charge in [-0.3, -0.25) is 10.1 Å². The van der Waals surface area contributed by atoms with Crippen LogP contribution in [0.25, 0.3) is 0 Å². The van der Waals surface area contributed by atoms with Gasteiger partial charge in [-0.05, 0) is 44.2 Å². The number of benzene rings is 2. The fourth-order valence-electron chi connectivity index (χ4n) is 3.25. The van der Waals surface area contributed by atoms with Crippen LogP contribution in [0, 0.1) is 28.5 Å². The van der Waals surface area contributed by atoms with E-state index in [4.69, 9.17) is 0 Å². The van der Waals surface area contributed by atoms with Gasteiger partial charge >= 0.3 is 0 Å². The summed E-state index contributed by atoms with van der Waals surface area (Å²) in [5, 5.41) is 11.2.